The summed E-state index contributed by atoms with van der Waals surface area (Å²) in [7, 11) is -1.89. The molecule has 0 saturated carbocycles. The van der Waals surface area contributed by atoms with Crippen LogP contribution in [0.2, 0.25) is 0 Å². The van der Waals surface area contributed by atoms with Gasteiger partial charge >= 0.3 is 0 Å². The first-order valence-electron chi connectivity index (χ1n) is 3.99. The Balaban J connectivity index is 3.99. The van der Waals surface area contributed by atoms with Crippen molar-refractivity contribution in [2.24, 2.45) is 0 Å². The van der Waals surface area contributed by atoms with Crippen LogP contribution in [0.5, 0.6) is 0 Å². The van der Waals surface area contributed by atoms with Crippen LogP contribution in [0.25, 0.3) is 0 Å². The molecule has 0 aliphatic carbocycles. The molecule has 14 heavy (non-hydrogen) atoms. The minimum Gasteiger partial charge on any atom is -0.497 e. The number of hydrogen-bond acceptors (Lipinski definition) is 4. The van der Waals surface area contributed by atoms with E-state index in [2.05, 4.69) is 11.3 Å². The van der Waals surface area contributed by atoms with Crippen molar-refractivity contribution in [1.29, 1.82) is 0 Å². The summed E-state index contributed by atoms with van der Waals surface area (Å²) in [5, 5.41) is 8.40. The SMILES string of the molecule is C=C(/C=C\CS(=O)(=O)NCCO)OC. The lowest BCUT2D eigenvalue weighted by Crippen LogP contribution is -2.28. The van der Waals surface area contributed by atoms with E-state index in [0.717, 1.165) is 0 Å². The third kappa shape index (κ3) is 6.64. The van der Waals surface area contributed by atoms with E-state index >= 15 is 0 Å². The van der Waals surface area contributed by atoms with Crippen molar-refractivity contribution in [3.05, 3.63) is 24.5 Å². The molecule has 0 unspecified atom stereocenters. The average molecular weight is 221 g/mol. The van der Waals surface area contributed by atoms with Crippen molar-refractivity contribution in [1.82, 2.24) is 4.72 Å². The number of sulfonamides is 1. The topological polar surface area (TPSA) is 75.6 Å². The lowest BCUT2D eigenvalue weighted by Gasteiger charge is -2.01. The van der Waals surface area contributed by atoms with E-state index in [9.17, 15) is 8.42 Å². The van der Waals surface area contributed by atoms with Crippen molar-refractivity contribution < 1.29 is 18.3 Å². The number of ether oxygens (including phenoxy) is 1. The van der Waals surface area contributed by atoms with Gasteiger partial charge in [-0.15, -0.1) is 0 Å². The van der Waals surface area contributed by atoms with Crippen LogP contribution in [0.4, 0.5) is 0 Å². The summed E-state index contributed by atoms with van der Waals surface area (Å²) in [5.74, 6) is 0.234. The minimum atomic E-state index is -3.34. The molecule has 82 valence electrons. The predicted octanol–water partition coefficient (Wildman–Crippen LogP) is -0.386. The summed E-state index contributed by atoms with van der Waals surface area (Å²) in [6.07, 6.45) is 2.89. The molecule has 0 rings (SSSR count). The van der Waals surface area contributed by atoms with Gasteiger partial charge in [-0.3, -0.25) is 0 Å². The Kier molecular flexibility index (Phi) is 6.18. The Morgan fingerprint density at radius 2 is 2.29 bits per heavy atom. The van der Waals surface area contributed by atoms with Crippen LogP contribution in [0.15, 0.2) is 24.5 Å². The largest absolute Gasteiger partial charge is 0.497 e. The van der Waals surface area contributed by atoms with Crippen molar-refractivity contribution in [2.75, 3.05) is 26.0 Å². The van der Waals surface area contributed by atoms with Gasteiger partial charge in [0.15, 0.2) is 0 Å². The van der Waals surface area contributed by atoms with Crippen LogP contribution >= 0.6 is 0 Å². The van der Waals surface area contributed by atoms with Crippen LogP contribution in [0.1, 0.15) is 0 Å². The third-order valence-electron chi connectivity index (χ3n) is 1.32. The van der Waals surface area contributed by atoms with Gasteiger partial charge in [-0.1, -0.05) is 12.7 Å². The van der Waals surface area contributed by atoms with E-state index < -0.39 is 10.0 Å². The molecule has 0 fully saturated rings. The average Bonchev–Trinajstić information content (AvgIpc) is 2.14. The second-order valence-electron chi connectivity index (χ2n) is 2.47. The maximum absolute atomic E-state index is 11.1. The highest BCUT2D eigenvalue weighted by Crippen LogP contribution is 1.93. The van der Waals surface area contributed by atoms with E-state index in [0.29, 0.717) is 5.76 Å². The first kappa shape index (κ1) is 13.2. The van der Waals surface area contributed by atoms with Crippen molar-refractivity contribution in [3.8, 4) is 0 Å². The van der Waals surface area contributed by atoms with Crippen LogP contribution < -0.4 is 4.72 Å². The summed E-state index contributed by atoms with van der Waals surface area (Å²) in [5.41, 5.74) is 0. The summed E-state index contributed by atoms with van der Waals surface area (Å²) in [4.78, 5) is 0. The molecule has 0 saturated heterocycles. The van der Waals surface area contributed by atoms with Crippen LogP contribution in [0.3, 0.4) is 0 Å². The molecule has 0 atom stereocenters. The fourth-order valence-electron chi connectivity index (χ4n) is 0.634. The molecular weight excluding hydrogens is 206 g/mol. The zero-order valence-corrected chi connectivity index (χ0v) is 8.88. The summed E-state index contributed by atoms with van der Waals surface area (Å²) >= 11 is 0. The number of aliphatic hydroxyl groups excluding tert-OH is 1. The van der Waals surface area contributed by atoms with Gasteiger partial charge in [-0.05, 0) is 6.08 Å². The van der Waals surface area contributed by atoms with Crippen molar-refractivity contribution >= 4 is 10.0 Å². The monoisotopic (exact) mass is 221 g/mol. The van der Waals surface area contributed by atoms with Crippen LogP contribution in [-0.4, -0.2) is 39.5 Å². The summed E-state index contributed by atoms with van der Waals surface area (Å²) < 4.78 is 29.1. The van der Waals surface area contributed by atoms with E-state index in [-0.39, 0.29) is 18.9 Å². The molecule has 0 heterocycles. The van der Waals surface area contributed by atoms with Gasteiger partial charge in [0.25, 0.3) is 0 Å². The maximum Gasteiger partial charge on any atom is 0.215 e. The molecule has 2 N–H and O–H groups in total. The van der Waals surface area contributed by atoms with E-state index in [1.54, 1.807) is 0 Å². The summed E-state index contributed by atoms with van der Waals surface area (Å²) in [6, 6.07) is 0. The molecule has 5 nitrogen and oxygen atoms in total. The highest BCUT2D eigenvalue weighted by molar-refractivity contribution is 7.89. The van der Waals surface area contributed by atoms with Crippen LogP contribution in [-0.2, 0) is 14.8 Å². The third-order valence-corrected chi connectivity index (χ3v) is 2.59. The second-order valence-corrected chi connectivity index (χ2v) is 4.32. The fraction of sp³-hybridized carbons (Fsp3) is 0.500. The Hall–Kier alpha value is -0.850. The first-order chi connectivity index (χ1) is 6.52. The molecule has 0 aromatic rings. The van der Waals surface area contributed by atoms with Gasteiger partial charge in [-0.2, -0.15) is 0 Å². The number of aliphatic hydroxyl groups is 1. The normalized spacial score (nSPS) is 11.9. The van der Waals surface area contributed by atoms with Crippen molar-refractivity contribution in [3.63, 3.8) is 0 Å². The highest BCUT2D eigenvalue weighted by atomic mass is 32.2. The minimum absolute atomic E-state index is 0.0292. The molecule has 0 aliphatic heterocycles. The van der Waals surface area contributed by atoms with Gasteiger partial charge in [0.05, 0.1) is 19.5 Å². The predicted molar refractivity (Wildman–Crippen MR) is 54.2 cm³/mol. The molecule has 0 bridgehead atoms. The highest BCUT2D eigenvalue weighted by Gasteiger charge is 2.05. The Morgan fingerprint density at radius 3 is 2.79 bits per heavy atom. The second kappa shape index (κ2) is 6.58. The Bertz CT molecular complexity index is 294. The van der Waals surface area contributed by atoms with E-state index in [4.69, 9.17) is 9.84 Å². The molecule has 0 amide bonds. The Morgan fingerprint density at radius 1 is 1.64 bits per heavy atom. The maximum atomic E-state index is 11.1. The smallest absolute Gasteiger partial charge is 0.215 e. The Labute approximate surface area is 84.1 Å². The van der Waals surface area contributed by atoms with Gasteiger partial charge < -0.3 is 9.84 Å². The van der Waals surface area contributed by atoms with E-state index in [1.807, 2.05) is 0 Å². The van der Waals surface area contributed by atoms with Gasteiger partial charge in [-0.25, -0.2) is 13.1 Å². The first-order valence-corrected chi connectivity index (χ1v) is 5.64. The lowest BCUT2D eigenvalue weighted by atomic mass is 10.5. The number of nitrogens with one attached hydrogen (secondary N) is 1. The van der Waals surface area contributed by atoms with Gasteiger partial charge in [0, 0.05) is 6.54 Å². The standard InChI is InChI=1S/C8H15NO4S/c1-8(13-2)4-3-7-14(11,12)9-5-6-10/h3-4,9-10H,1,5-7H2,2H3/b4-3-. The molecule has 6 heteroatoms. The van der Waals surface area contributed by atoms with Gasteiger partial charge in [0.1, 0.15) is 5.76 Å². The molecule has 0 radical (unpaired) electrons. The zero-order valence-electron chi connectivity index (χ0n) is 8.06. The van der Waals surface area contributed by atoms with Crippen LogP contribution in [0, 0.1) is 0 Å². The number of methoxy groups -OCH3 is 1. The zero-order chi connectivity index (χ0) is 11.0. The number of rotatable bonds is 7. The molecular formula is C8H15NO4S. The lowest BCUT2D eigenvalue weighted by molar-refractivity contribution is 0.301. The fourth-order valence-corrected chi connectivity index (χ4v) is 1.50. The molecule has 0 spiro atoms. The summed E-state index contributed by atoms with van der Waals surface area (Å²) in [6.45, 7) is 3.31. The quantitative estimate of drug-likeness (QED) is 0.453. The number of allylic oxidation sites excluding steroid dienone is 1. The van der Waals surface area contributed by atoms with E-state index in [1.165, 1.54) is 19.3 Å². The van der Waals surface area contributed by atoms with Gasteiger partial charge in [0.2, 0.25) is 10.0 Å². The molecule has 0 aromatic carbocycles. The number of hydrogen-bond donors (Lipinski definition) is 2. The van der Waals surface area contributed by atoms with Crippen molar-refractivity contribution in [2.45, 2.75) is 0 Å². The molecule has 0 aliphatic rings. The molecule has 0 aromatic heterocycles.